The summed E-state index contributed by atoms with van der Waals surface area (Å²) in [6.07, 6.45) is 2.85. The van der Waals surface area contributed by atoms with Crippen LogP contribution in [0, 0.1) is 11.8 Å². The largest absolute Gasteiger partial charge is 0.494 e. The van der Waals surface area contributed by atoms with E-state index < -0.39 is 0 Å². The fourth-order valence-corrected chi connectivity index (χ4v) is 4.23. The highest BCUT2D eigenvalue weighted by Crippen LogP contribution is 2.27. The predicted molar refractivity (Wildman–Crippen MR) is 114 cm³/mol. The van der Waals surface area contributed by atoms with E-state index in [0.29, 0.717) is 24.2 Å². The number of piperidine rings is 1. The molecule has 28 heavy (non-hydrogen) atoms. The molecule has 6 nitrogen and oxygen atoms in total. The summed E-state index contributed by atoms with van der Waals surface area (Å²) in [4.78, 5) is 23.3. The third-order valence-corrected chi connectivity index (χ3v) is 5.55. The molecule has 7 heteroatoms. The van der Waals surface area contributed by atoms with Gasteiger partial charge in [-0.2, -0.15) is 0 Å². The van der Waals surface area contributed by atoms with Gasteiger partial charge in [-0.1, -0.05) is 25.6 Å². The van der Waals surface area contributed by atoms with Gasteiger partial charge in [0.25, 0.3) is 0 Å². The number of carbonyl (C=O) groups excluding carboxylic acids is 1. The topological polar surface area (TPSA) is 67.3 Å². The molecule has 1 saturated heterocycles. The van der Waals surface area contributed by atoms with Gasteiger partial charge in [0.2, 0.25) is 5.91 Å². The van der Waals surface area contributed by atoms with Crippen molar-refractivity contribution in [3.63, 3.8) is 0 Å². The molecule has 0 aliphatic carbocycles. The average Bonchev–Trinajstić information content (AvgIpc) is 2.68. The first-order chi connectivity index (χ1) is 13.5. The van der Waals surface area contributed by atoms with Gasteiger partial charge in [-0.05, 0) is 49.4 Å². The van der Waals surface area contributed by atoms with Crippen molar-refractivity contribution in [2.45, 2.75) is 32.2 Å². The first kappa shape index (κ1) is 20.5. The predicted octanol–water partition coefficient (Wildman–Crippen LogP) is 4.09. The van der Waals surface area contributed by atoms with Crippen LogP contribution in [0.15, 0.2) is 41.7 Å². The Morgan fingerprint density at radius 2 is 1.93 bits per heavy atom. The van der Waals surface area contributed by atoms with E-state index in [1.165, 1.54) is 18.2 Å². The molecule has 1 N–H and O–H groups in total. The monoisotopic (exact) mass is 400 g/mol. The number of thioether (sulfide) groups is 1. The fraction of sp³-hybridized carbons (Fsp3) is 0.476. The van der Waals surface area contributed by atoms with Crippen molar-refractivity contribution in [1.29, 1.82) is 0 Å². The number of hydrogen-bond donors (Lipinski definition) is 1. The number of nitrogens with one attached hydrogen (secondary N) is 1. The summed E-state index contributed by atoms with van der Waals surface area (Å²) >= 11 is 1.42. The quantitative estimate of drug-likeness (QED) is 0.558. The highest BCUT2D eigenvalue weighted by atomic mass is 32.2. The van der Waals surface area contributed by atoms with Crippen molar-refractivity contribution < 1.29 is 9.53 Å². The summed E-state index contributed by atoms with van der Waals surface area (Å²) in [7, 11) is 0. The first-order valence-corrected chi connectivity index (χ1v) is 10.7. The minimum atomic E-state index is -0.0606. The zero-order chi connectivity index (χ0) is 19.9. The van der Waals surface area contributed by atoms with Gasteiger partial charge in [-0.15, -0.1) is 0 Å². The molecule has 0 spiro atoms. The second-order valence-corrected chi connectivity index (χ2v) is 8.36. The van der Waals surface area contributed by atoms with Crippen LogP contribution in [-0.2, 0) is 4.79 Å². The lowest BCUT2D eigenvalue weighted by Crippen LogP contribution is -2.39. The molecule has 0 radical (unpaired) electrons. The van der Waals surface area contributed by atoms with Gasteiger partial charge in [0.15, 0.2) is 0 Å². The highest BCUT2D eigenvalue weighted by molar-refractivity contribution is 7.99. The zero-order valence-electron chi connectivity index (χ0n) is 16.7. The smallest absolute Gasteiger partial charge is 0.234 e. The Kier molecular flexibility index (Phi) is 7.14. The van der Waals surface area contributed by atoms with E-state index in [1.807, 2.05) is 37.3 Å². The molecular weight excluding hydrogens is 372 g/mol. The van der Waals surface area contributed by atoms with Gasteiger partial charge in [-0.25, -0.2) is 9.97 Å². The van der Waals surface area contributed by atoms with Gasteiger partial charge in [0, 0.05) is 24.8 Å². The minimum Gasteiger partial charge on any atom is -0.494 e. The minimum absolute atomic E-state index is 0.0606. The Hall–Kier alpha value is -2.28. The Balaban J connectivity index is 1.53. The molecule has 3 rings (SSSR count). The van der Waals surface area contributed by atoms with Crippen LogP contribution < -0.4 is 15.0 Å². The number of nitrogens with zero attached hydrogens (tertiary/aromatic N) is 3. The number of anilines is 2. The lowest BCUT2D eigenvalue weighted by molar-refractivity contribution is -0.113. The van der Waals surface area contributed by atoms with Crippen LogP contribution in [0.25, 0.3) is 0 Å². The molecule has 150 valence electrons. The molecule has 0 saturated carbocycles. The molecule has 1 aromatic heterocycles. The molecule has 1 aliphatic rings. The normalized spacial score (nSPS) is 19.3. The van der Waals surface area contributed by atoms with Crippen LogP contribution in [0.3, 0.4) is 0 Å². The summed E-state index contributed by atoms with van der Waals surface area (Å²) in [5.74, 6) is 3.31. The van der Waals surface area contributed by atoms with Crippen LogP contribution in [-0.4, -0.2) is 41.3 Å². The lowest BCUT2D eigenvalue weighted by Gasteiger charge is -2.35. The van der Waals surface area contributed by atoms with Crippen molar-refractivity contribution in [3.8, 4) is 5.75 Å². The Bertz CT molecular complexity index is 774. The number of benzene rings is 1. The molecule has 1 amide bonds. The molecule has 0 unspecified atom stereocenters. The van der Waals surface area contributed by atoms with Gasteiger partial charge < -0.3 is 15.0 Å². The Labute approximate surface area is 171 Å². The molecular formula is C21H28N4O2S. The zero-order valence-corrected chi connectivity index (χ0v) is 17.5. The van der Waals surface area contributed by atoms with Crippen LogP contribution in [0.2, 0.25) is 0 Å². The van der Waals surface area contributed by atoms with E-state index in [4.69, 9.17) is 4.74 Å². The number of carbonyl (C=O) groups is 1. The van der Waals surface area contributed by atoms with E-state index >= 15 is 0 Å². The lowest BCUT2D eigenvalue weighted by atomic mass is 9.92. The van der Waals surface area contributed by atoms with Crippen LogP contribution in [0.4, 0.5) is 11.5 Å². The van der Waals surface area contributed by atoms with E-state index in [-0.39, 0.29) is 5.91 Å². The van der Waals surface area contributed by atoms with Crippen LogP contribution in [0.5, 0.6) is 5.75 Å². The average molecular weight is 401 g/mol. The Morgan fingerprint density at radius 1 is 1.21 bits per heavy atom. The second kappa shape index (κ2) is 9.78. The standard InChI is InChI=1S/C21H28N4O2S/c1-4-27-18-7-5-17(6-8-18)24-20(26)13-28-21-10-19(22-14-23-21)25-11-15(2)9-16(3)12-25/h5-8,10,14-16H,4,9,11-13H2,1-3H3,(H,24,26)/t15-,16-/m0/s1. The van der Waals surface area contributed by atoms with E-state index in [0.717, 1.165) is 35.4 Å². The number of aromatic nitrogens is 2. The third-order valence-electron chi connectivity index (χ3n) is 4.62. The maximum atomic E-state index is 12.3. The Morgan fingerprint density at radius 3 is 2.61 bits per heavy atom. The number of amides is 1. The van der Waals surface area contributed by atoms with Crippen molar-refractivity contribution in [2.24, 2.45) is 11.8 Å². The van der Waals surface area contributed by atoms with Gasteiger partial charge in [0.1, 0.15) is 22.9 Å². The third kappa shape index (κ3) is 5.86. The van der Waals surface area contributed by atoms with Gasteiger partial charge in [0.05, 0.1) is 12.4 Å². The first-order valence-electron chi connectivity index (χ1n) is 9.76. The molecule has 1 aromatic carbocycles. The van der Waals surface area contributed by atoms with Crippen LogP contribution >= 0.6 is 11.8 Å². The summed E-state index contributed by atoms with van der Waals surface area (Å²) in [5.41, 5.74) is 0.758. The summed E-state index contributed by atoms with van der Waals surface area (Å²) in [6.45, 7) is 9.17. The van der Waals surface area contributed by atoms with E-state index in [1.54, 1.807) is 6.33 Å². The van der Waals surface area contributed by atoms with Gasteiger partial charge >= 0.3 is 0 Å². The molecule has 0 bridgehead atoms. The summed E-state index contributed by atoms with van der Waals surface area (Å²) in [5, 5.41) is 3.72. The molecule has 1 fully saturated rings. The maximum Gasteiger partial charge on any atom is 0.234 e. The van der Waals surface area contributed by atoms with Crippen molar-refractivity contribution in [2.75, 3.05) is 35.7 Å². The molecule has 2 atom stereocenters. The number of ether oxygens (including phenoxy) is 1. The van der Waals surface area contributed by atoms with Crippen molar-refractivity contribution >= 4 is 29.2 Å². The fourth-order valence-electron chi connectivity index (χ4n) is 3.57. The van der Waals surface area contributed by atoms with Gasteiger partial charge in [-0.3, -0.25) is 4.79 Å². The summed E-state index contributed by atoms with van der Waals surface area (Å²) in [6, 6.07) is 9.37. The number of rotatable bonds is 7. The molecule has 2 heterocycles. The number of hydrogen-bond acceptors (Lipinski definition) is 6. The van der Waals surface area contributed by atoms with E-state index in [2.05, 4.69) is 34.0 Å². The van der Waals surface area contributed by atoms with E-state index in [9.17, 15) is 4.79 Å². The molecule has 1 aliphatic heterocycles. The SMILES string of the molecule is CCOc1ccc(NC(=O)CSc2cc(N3C[C@@H](C)C[C@H](C)C3)ncn2)cc1. The van der Waals surface area contributed by atoms with Crippen molar-refractivity contribution in [3.05, 3.63) is 36.7 Å². The molecule has 2 aromatic rings. The van der Waals surface area contributed by atoms with Crippen molar-refractivity contribution in [1.82, 2.24) is 9.97 Å². The maximum absolute atomic E-state index is 12.3. The second-order valence-electron chi connectivity index (χ2n) is 7.36. The summed E-state index contributed by atoms with van der Waals surface area (Å²) < 4.78 is 5.41. The highest BCUT2D eigenvalue weighted by Gasteiger charge is 2.23. The van der Waals surface area contributed by atoms with Crippen LogP contribution in [0.1, 0.15) is 27.2 Å².